The van der Waals surface area contributed by atoms with Crippen LogP contribution in [0.15, 0.2) is 33.5 Å². The Kier molecular flexibility index (Phi) is 1.67. The molecule has 0 aliphatic carbocycles. The number of oxazole rings is 1. The lowest BCUT2D eigenvalue weighted by atomic mass is 10.2. The summed E-state index contributed by atoms with van der Waals surface area (Å²) in [6, 6.07) is 7.70. The molecule has 1 aromatic carbocycles. The summed E-state index contributed by atoms with van der Waals surface area (Å²) in [6.07, 6.45) is 0. The first-order valence-corrected chi connectivity index (χ1v) is 5.36. The van der Waals surface area contributed by atoms with E-state index in [1.54, 1.807) is 6.92 Å². The molecule has 15 heavy (non-hydrogen) atoms. The molecule has 4 heteroatoms. The van der Waals surface area contributed by atoms with Crippen molar-refractivity contribution in [2.75, 3.05) is 0 Å². The van der Waals surface area contributed by atoms with Crippen molar-refractivity contribution in [3.8, 4) is 0 Å². The molecule has 2 heterocycles. The van der Waals surface area contributed by atoms with Crippen molar-refractivity contribution >= 4 is 32.5 Å². The van der Waals surface area contributed by atoms with Crippen LogP contribution in [0.5, 0.6) is 0 Å². The van der Waals surface area contributed by atoms with Gasteiger partial charge in [0, 0.05) is 17.0 Å². The second kappa shape index (κ2) is 2.90. The van der Waals surface area contributed by atoms with Crippen LogP contribution >= 0.6 is 11.3 Å². The monoisotopic (exact) mass is 217 g/mol. The number of hydrogen-bond donors (Lipinski definition) is 0. The molecule has 0 radical (unpaired) electrons. The number of fused-ring (bicyclic) bond motifs is 3. The average Bonchev–Trinajstić information content (AvgIpc) is 2.61. The van der Waals surface area contributed by atoms with Gasteiger partial charge in [-0.2, -0.15) is 0 Å². The van der Waals surface area contributed by atoms with Crippen LogP contribution in [0.2, 0.25) is 0 Å². The molecule has 0 atom stereocenters. The van der Waals surface area contributed by atoms with Crippen LogP contribution in [0.25, 0.3) is 21.2 Å². The van der Waals surface area contributed by atoms with Gasteiger partial charge >= 0.3 is 0 Å². The topological polar surface area (TPSA) is 43.1 Å². The third-order valence-corrected chi connectivity index (χ3v) is 3.22. The summed E-state index contributed by atoms with van der Waals surface area (Å²) < 4.78 is 6.35. The van der Waals surface area contributed by atoms with Crippen molar-refractivity contribution in [2.45, 2.75) is 6.92 Å². The molecule has 2 aromatic heterocycles. The van der Waals surface area contributed by atoms with E-state index in [1.807, 2.05) is 24.3 Å². The minimum absolute atomic E-state index is 0.0412. The van der Waals surface area contributed by atoms with Crippen LogP contribution in [0.3, 0.4) is 0 Å². The van der Waals surface area contributed by atoms with E-state index < -0.39 is 0 Å². The van der Waals surface area contributed by atoms with Gasteiger partial charge in [-0.1, -0.05) is 23.5 Å². The van der Waals surface area contributed by atoms with Crippen molar-refractivity contribution in [3.63, 3.8) is 0 Å². The second-order valence-electron chi connectivity index (χ2n) is 3.30. The number of nitrogens with zero attached hydrogens (tertiary/aromatic N) is 1. The Balaban J connectivity index is 2.69. The minimum atomic E-state index is -0.0412. The molecule has 0 saturated carbocycles. The Labute approximate surface area is 89.0 Å². The number of aromatic nitrogens is 1. The maximum absolute atomic E-state index is 11.7. The highest BCUT2D eigenvalue weighted by Crippen LogP contribution is 2.25. The van der Waals surface area contributed by atoms with Crippen LogP contribution in [-0.2, 0) is 0 Å². The lowest BCUT2D eigenvalue weighted by Gasteiger charge is -1.94. The standard InChI is InChI=1S/C11H7NO2S/c1-6-12-9-10(14-6)7-4-2-3-5-8(7)15-11(9)13/h2-5H,1H3. The Morgan fingerprint density at radius 2 is 2.13 bits per heavy atom. The van der Waals surface area contributed by atoms with E-state index in [-0.39, 0.29) is 4.74 Å². The van der Waals surface area contributed by atoms with E-state index in [1.165, 1.54) is 11.3 Å². The molecular formula is C11H7NO2S. The molecule has 3 rings (SSSR count). The van der Waals surface area contributed by atoms with E-state index in [0.29, 0.717) is 17.0 Å². The Morgan fingerprint density at radius 3 is 3.00 bits per heavy atom. The molecule has 0 unspecified atom stereocenters. The molecule has 3 aromatic rings. The fraction of sp³-hybridized carbons (Fsp3) is 0.0909. The molecule has 3 nitrogen and oxygen atoms in total. The van der Waals surface area contributed by atoms with E-state index in [9.17, 15) is 4.79 Å². The van der Waals surface area contributed by atoms with Crippen LogP contribution in [0.1, 0.15) is 5.89 Å². The van der Waals surface area contributed by atoms with Crippen molar-refractivity contribution in [1.29, 1.82) is 0 Å². The minimum Gasteiger partial charge on any atom is -0.440 e. The summed E-state index contributed by atoms with van der Waals surface area (Å²) in [6.45, 7) is 1.75. The molecule has 74 valence electrons. The summed E-state index contributed by atoms with van der Waals surface area (Å²) >= 11 is 1.21. The van der Waals surface area contributed by atoms with E-state index >= 15 is 0 Å². The fourth-order valence-corrected chi connectivity index (χ4v) is 2.49. The molecule has 0 amide bonds. The Hall–Kier alpha value is -1.68. The fourth-order valence-electron chi connectivity index (χ4n) is 1.64. The molecule has 0 saturated heterocycles. The van der Waals surface area contributed by atoms with Crippen molar-refractivity contribution in [3.05, 3.63) is 39.7 Å². The summed E-state index contributed by atoms with van der Waals surface area (Å²) in [5, 5.41) is 0.956. The maximum Gasteiger partial charge on any atom is 0.262 e. The molecule has 0 spiro atoms. The van der Waals surface area contributed by atoms with Gasteiger partial charge in [-0.3, -0.25) is 4.79 Å². The van der Waals surface area contributed by atoms with E-state index in [4.69, 9.17) is 4.42 Å². The highest BCUT2D eigenvalue weighted by Gasteiger charge is 2.10. The highest BCUT2D eigenvalue weighted by atomic mass is 32.1. The van der Waals surface area contributed by atoms with Crippen LogP contribution in [-0.4, -0.2) is 4.98 Å². The van der Waals surface area contributed by atoms with Gasteiger partial charge in [-0.05, 0) is 12.1 Å². The first-order chi connectivity index (χ1) is 7.25. The van der Waals surface area contributed by atoms with Crippen LogP contribution in [0.4, 0.5) is 0 Å². The second-order valence-corrected chi connectivity index (χ2v) is 4.31. The highest BCUT2D eigenvalue weighted by molar-refractivity contribution is 7.16. The normalized spacial score (nSPS) is 11.3. The molecule has 0 fully saturated rings. The lowest BCUT2D eigenvalue weighted by Crippen LogP contribution is -1.94. The largest absolute Gasteiger partial charge is 0.440 e. The van der Waals surface area contributed by atoms with Crippen LogP contribution < -0.4 is 4.74 Å². The van der Waals surface area contributed by atoms with Crippen LogP contribution in [0, 0.1) is 6.92 Å². The number of benzene rings is 1. The third kappa shape index (κ3) is 1.18. The summed E-state index contributed by atoms with van der Waals surface area (Å²) in [5.74, 6) is 0.533. The predicted octanol–water partition coefficient (Wildman–Crippen LogP) is 2.71. The smallest absolute Gasteiger partial charge is 0.262 e. The van der Waals surface area contributed by atoms with Gasteiger partial charge in [0.05, 0.1) is 0 Å². The summed E-state index contributed by atoms with van der Waals surface area (Å²) in [4.78, 5) is 15.8. The van der Waals surface area contributed by atoms with Gasteiger partial charge in [0.2, 0.25) is 0 Å². The van der Waals surface area contributed by atoms with Crippen molar-refractivity contribution in [1.82, 2.24) is 4.98 Å². The van der Waals surface area contributed by atoms with Gasteiger partial charge in [0.25, 0.3) is 4.74 Å². The zero-order valence-electron chi connectivity index (χ0n) is 7.98. The first-order valence-electron chi connectivity index (χ1n) is 4.55. The van der Waals surface area contributed by atoms with Crippen molar-refractivity contribution in [2.24, 2.45) is 0 Å². The van der Waals surface area contributed by atoms with Gasteiger partial charge in [0.1, 0.15) is 0 Å². The van der Waals surface area contributed by atoms with Crippen molar-refractivity contribution < 1.29 is 4.42 Å². The molecule has 0 aliphatic heterocycles. The third-order valence-electron chi connectivity index (χ3n) is 2.26. The Morgan fingerprint density at radius 1 is 1.33 bits per heavy atom. The number of rotatable bonds is 0. The maximum atomic E-state index is 11.7. The van der Waals surface area contributed by atoms with E-state index in [2.05, 4.69) is 4.98 Å². The first kappa shape index (κ1) is 8.61. The molecular weight excluding hydrogens is 210 g/mol. The SMILES string of the molecule is Cc1nc2c(=O)sc3ccccc3c2o1. The van der Waals surface area contributed by atoms with E-state index in [0.717, 1.165) is 10.1 Å². The summed E-state index contributed by atoms with van der Waals surface area (Å²) in [5.41, 5.74) is 1.04. The van der Waals surface area contributed by atoms with Gasteiger partial charge in [-0.25, -0.2) is 4.98 Å². The van der Waals surface area contributed by atoms with Gasteiger partial charge in [-0.15, -0.1) is 0 Å². The molecule has 0 aliphatic rings. The van der Waals surface area contributed by atoms with Gasteiger partial charge < -0.3 is 4.42 Å². The number of hydrogen-bond acceptors (Lipinski definition) is 4. The zero-order valence-corrected chi connectivity index (χ0v) is 8.80. The average molecular weight is 217 g/mol. The number of aryl methyl sites for hydroxylation is 1. The lowest BCUT2D eigenvalue weighted by molar-refractivity contribution is 0.563. The zero-order chi connectivity index (χ0) is 10.4. The Bertz CT molecular complexity index is 711. The predicted molar refractivity (Wildman–Crippen MR) is 60.4 cm³/mol. The molecule has 0 bridgehead atoms. The quantitative estimate of drug-likeness (QED) is 0.581. The van der Waals surface area contributed by atoms with Gasteiger partial charge in [0.15, 0.2) is 17.0 Å². The summed E-state index contributed by atoms with van der Waals surface area (Å²) in [7, 11) is 0. The molecule has 0 N–H and O–H groups in total.